The highest BCUT2D eigenvalue weighted by atomic mass is 19.4. The van der Waals surface area contributed by atoms with Crippen LogP contribution in [0.2, 0.25) is 0 Å². The summed E-state index contributed by atoms with van der Waals surface area (Å²) in [6, 6.07) is 16.2. The number of hydrogen-bond donors (Lipinski definition) is 1. The number of rotatable bonds is 5. The molecule has 0 unspecified atom stereocenters. The minimum Gasteiger partial charge on any atom is -0.406 e. The smallest absolute Gasteiger partial charge is 0.406 e. The Labute approximate surface area is 153 Å². The topological polar surface area (TPSA) is 65.2 Å². The Balaban J connectivity index is 1.80. The Kier molecular flexibility index (Phi) is 5.12. The number of carbonyl (C=O) groups is 1. The van der Waals surface area contributed by atoms with E-state index in [9.17, 15) is 18.0 Å². The van der Waals surface area contributed by atoms with E-state index in [-0.39, 0.29) is 5.75 Å². The van der Waals surface area contributed by atoms with Crippen molar-refractivity contribution in [3.05, 3.63) is 83.6 Å². The Bertz CT molecular complexity index is 954. The van der Waals surface area contributed by atoms with Gasteiger partial charge in [-0.25, -0.2) is 0 Å². The molecular weight excluding hydrogens is 357 g/mol. The molecule has 3 aromatic rings. The monoisotopic (exact) mass is 372 g/mol. The maximum Gasteiger partial charge on any atom is 0.573 e. The van der Waals surface area contributed by atoms with Crippen LogP contribution in [-0.4, -0.2) is 17.3 Å². The predicted octanol–water partition coefficient (Wildman–Crippen LogP) is 4.34. The molecule has 27 heavy (non-hydrogen) atoms. The van der Waals surface area contributed by atoms with Crippen molar-refractivity contribution in [3.63, 3.8) is 0 Å². The molecule has 0 fully saturated rings. The lowest BCUT2D eigenvalue weighted by Gasteiger charge is -2.10. The molecule has 2 N–H and O–H groups in total. The third-order valence-electron chi connectivity index (χ3n) is 3.83. The number of amides is 1. The van der Waals surface area contributed by atoms with Gasteiger partial charge in [0, 0.05) is 17.3 Å². The first-order chi connectivity index (χ1) is 12.8. The molecule has 0 spiro atoms. The summed E-state index contributed by atoms with van der Waals surface area (Å²) in [5.41, 5.74) is 8.67. The van der Waals surface area contributed by atoms with Gasteiger partial charge in [-0.15, -0.1) is 13.2 Å². The number of benzene rings is 2. The van der Waals surface area contributed by atoms with Gasteiger partial charge in [-0.3, -0.25) is 9.78 Å². The van der Waals surface area contributed by atoms with Gasteiger partial charge in [0.15, 0.2) is 0 Å². The van der Waals surface area contributed by atoms with E-state index in [1.807, 2.05) is 6.07 Å². The number of hydrogen-bond acceptors (Lipinski definition) is 3. The molecule has 4 nitrogen and oxygen atoms in total. The van der Waals surface area contributed by atoms with E-state index in [0.717, 1.165) is 11.1 Å². The van der Waals surface area contributed by atoms with Crippen LogP contribution < -0.4 is 10.5 Å². The molecule has 0 bridgehead atoms. The fourth-order valence-electron chi connectivity index (χ4n) is 2.64. The summed E-state index contributed by atoms with van der Waals surface area (Å²) < 4.78 is 41.0. The van der Waals surface area contributed by atoms with Crippen molar-refractivity contribution in [2.45, 2.75) is 12.8 Å². The molecule has 3 rings (SSSR count). The minimum atomic E-state index is -4.72. The van der Waals surface area contributed by atoms with E-state index in [0.29, 0.717) is 23.2 Å². The Hall–Kier alpha value is -3.35. The average molecular weight is 372 g/mol. The zero-order valence-corrected chi connectivity index (χ0v) is 14.0. The number of pyridine rings is 1. The van der Waals surface area contributed by atoms with Crippen LogP contribution in [-0.2, 0) is 6.42 Å². The Morgan fingerprint density at radius 3 is 2.37 bits per heavy atom. The largest absolute Gasteiger partial charge is 0.573 e. The van der Waals surface area contributed by atoms with Gasteiger partial charge in [0.2, 0.25) is 5.91 Å². The summed E-state index contributed by atoms with van der Waals surface area (Å²) in [5.74, 6) is -0.763. The fraction of sp³-hybridized carbons (Fsp3) is 0.100. The molecule has 0 radical (unpaired) electrons. The summed E-state index contributed by atoms with van der Waals surface area (Å²) in [6.07, 6.45) is -2.67. The van der Waals surface area contributed by atoms with Crippen LogP contribution in [0.25, 0.3) is 11.3 Å². The van der Waals surface area contributed by atoms with Crippen LogP contribution in [0.15, 0.2) is 66.9 Å². The second-order valence-corrected chi connectivity index (χ2v) is 5.86. The fourth-order valence-corrected chi connectivity index (χ4v) is 2.64. The SMILES string of the molecule is NC(=O)c1ccc(-c2cc(Cc3cccc(OC(F)(F)F)c3)ccn2)cc1. The molecule has 0 aliphatic heterocycles. The van der Waals surface area contributed by atoms with E-state index < -0.39 is 12.3 Å². The van der Waals surface area contributed by atoms with Crippen LogP contribution in [0, 0.1) is 0 Å². The minimum absolute atomic E-state index is 0.253. The zero-order chi connectivity index (χ0) is 19.4. The first kappa shape index (κ1) is 18.4. The molecule has 0 aliphatic rings. The summed E-state index contributed by atoms with van der Waals surface area (Å²) in [4.78, 5) is 15.4. The van der Waals surface area contributed by atoms with Crippen LogP contribution >= 0.6 is 0 Å². The van der Waals surface area contributed by atoms with Crippen LogP contribution in [0.4, 0.5) is 13.2 Å². The molecule has 138 valence electrons. The third-order valence-corrected chi connectivity index (χ3v) is 3.83. The van der Waals surface area contributed by atoms with Crippen molar-refractivity contribution in [2.24, 2.45) is 5.73 Å². The number of nitrogens with zero attached hydrogens (tertiary/aromatic N) is 1. The summed E-state index contributed by atoms with van der Waals surface area (Å²) in [7, 11) is 0. The number of carbonyl (C=O) groups excluding carboxylic acids is 1. The summed E-state index contributed by atoms with van der Waals surface area (Å²) in [5, 5.41) is 0. The molecule has 1 aromatic heterocycles. The quantitative estimate of drug-likeness (QED) is 0.725. The lowest BCUT2D eigenvalue weighted by molar-refractivity contribution is -0.274. The number of primary amides is 1. The predicted molar refractivity (Wildman–Crippen MR) is 94.1 cm³/mol. The molecular formula is C20H15F3N2O2. The van der Waals surface area contributed by atoms with E-state index in [1.165, 1.54) is 18.2 Å². The van der Waals surface area contributed by atoms with Crippen molar-refractivity contribution in [3.8, 4) is 17.0 Å². The molecule has 1 amide bonds. The molecule has 1 heterocycles. The molecule has 0 saturated heterocycles. The molecule has 0 aliphatic carbocycles. The van der Waals surface area contributed by atoms with Gasteiger partial charge in [0.1, 0.15) is 5.75 Å². The average Bonchev–Trinajstić information content (AvgIpc) is 2.61. The normalized spacial score (nSPS) is 11.2. The second-order valence-electron chi connectivity index (χ2n) is 5.86. The van der Waals surface area contributed by atoms with Gasteiger partial charge < -0.3 is 10.5 Å². The van der Waals surface area contributed by atoms with Crippen LogP contribution in [0.3, 0.4) is 0 Å². The Morgan fingerprint density at radius 2 is 1.70 bits per heavy atom. The van der Waals surface area contributed by atoms with Crippen molar-refractivity contribution in [1.29, 1.82) is 0 Å². The maximum atomic E-state index is 12.4. The van der Waals surface area contributed by atoms with Crippen molar-refractivity contribution < 1.29 is 22.7 Å². The van der Waals surface area contributed by atoms with Crippen molar-refractivity contribution in [1.82, 2.24) is 4.98 Å². The highest BCUT2D eigenvalue weighted by Gasteiger charge is 2.31. The highest BCUT2D eigenvalue weighted by Crippen LogP contribution is 2.25. The van der Waals surface area contributed by atoms with E-state index in [2.05, 4.69) is 9.72 Å². The lowest BCUT2D eigenvalue weighted by atomic mass is 10.0. The number of ether oxygens (including phenoxy) is 1. The number of aromatic nitrogens is 1. The second kappa shape index (κ2) is 7.49. The van der Waals surface area contributed by atoms with E-state index in [4.69, 9.17) is 5.73 Å². The molecule has 7 heteroatoms. The molecule has 2 aromatic carbocycles. The molecule has 0 atom stereocenters. The first-order valence-electron chi connectivity index (χ1n) is 8.00. The summed E-state index contributed by atoms with van der Waals surface area (Å²) >= 11 is 0. The number of halogens is 3. The number of nitrogens with two attached hydrogens (primary N) is 1. The van der Waals surface area contributed by atoms with Gasteiger partial charge in [0.25, 0.3) is 0 Å². The van der Waals surface area contributed by atoms with E-state index in [1.54, 1.807) is 42.6 Å². The Morgan fingerprint density at radius 1 is 1.00 bits per heavy atom. The van der Waals surface area contributed by atoms with Crippen molar-refractivity contribution >= 4 is 5.91 Å². The summed E-state index contributed by atoms with van der Waals surface area (Å²) in [6.45, 7) is 0. The number of alkyl halides is 3. The van der Waals surface area contributed by atoms with Gasteiger partial charge >= 0.3 is 6.36 Å². The highest BCUT2D eigenvalue weighted by molar-refractivity contribution is 5.93. The van der Waals surface area contributed by atoms with Crippen LogP contribution in [0.1, 0.15) is 21.5 Å². The zero-order valence-electron chi connectivity index (χ0n) is 14.0. The maximum absolute atomic E-state index is 12.4. The van der Waals surface area contributed by atoms with Gasteiger partial charge in [-0.1, -0.05) is 24.3 Å². The van der Waals surface area contributed by atoms with Gasteiger partial charge in [0.05, 0.1) is 5.69 Å². The van der Waals surface area contributed by atoms with Gasteiger partial charge in [-0.2, -0.15) is 0 Å². The standard InChI is InChI=1S/C20H15F3N2O2/c21-20(22,23)27-17-3-1-2-13(11-17)10-14-8-9-25-18(12-14)15-4-6-16(7-5-15)19(24)26/h1-9,11-12H,10H2,(H2,24,26). The van der Waals surface area contributed by atoms with Gasteiger partial charge in [-0.05, 0) is 53.9 Å². The third kappa shape index (κ3) is 5.07. The van der Waals surface area contributed by atoms with Crippen molar-refractivity contribution in [2.75, 3.05) is 0 Å². The lowest BCUT2D eigenvalue weighted by Crippen LogP contribution is -2.17. The van der Waals surface area contributed by atoms with E-state index >= 15 is 0 Å². The molecule has 0 saturated carbocycles. The first-order valence-corrected chi connectivity index (χ1v) is 8.00. The van der Waals surface area contributed by atoms with Crippen LogP contribution in [0.5, 0.6) is 5.75 Å².